The zero-order valence-corrected chi connectivity index (χ0v) is 17.3. The lowest BCUT2D eigenvalue weighted by Gasteiger charge is -2.35. The number of fused-ring (bicyclic) bond motifs is 1. The fraction of sp³-hybridized carbons (Fsp3) is 0.381. The van der Waals surface area contributed by atoms with E-state index in [9.17, 15) is 9.59 Å². The van der Waals surface area contributed by atoms with Gasteiger partial charge in [-0.1, -0.05) is 6.58 Å². The third-order valence-electron chi connectivity index (χ3n) is 5.41. The zero-order valence-electron chi connectivity index (χ0n) is 16.5. The number of benzene rings is 1. The van der Waals surface area contributed by atoms with Gasteiger partial charge in [0.1, 0.15) is 5.82 Å². The van der Waals surface area contributed by atoms with Crippen LogP contribution >= 0.6 is 11.9 Å². The Balaban J connectivity index is 1.67. The largest absolute Gasteiger partial charge is 0.367 e. The van der Waals surface area contributed by atoms with Gasteiger partial charge in [-0.15, -0.1) is 0 Å². The van der Waals surface area contributed by atoms with Gasteiger partial charge in [-0.3, -0.25) is 14.3 Å². The molecule has 0 bridgehead atoms. The molecule has 2 fully saturated rings. The predicted octanol–water partition coefficient (Wildman–Crippen LogP) is 2.79. The highest BCUT2D eigenvalue weighted by Crippen LogP contribution is 2.39. The zero-order chi connectivity index (χ0) is 20.4. The van der Waals surface area contributed by atoms with E-state index in [1.807, 2.05) is 18.2 Å². The first-order valence-electron chi connectivity index (χ1n) is 9.76. The molecule has 1 aromatic carbocycles. The number of pyridine rings is 1. The van der Waals surface area contributed by atoms with E-state index in [1.165, 1.54) is 18.9 Å². The normalized spacial score (nSPS) is 17.8. The molecule has 0 unspecified atom stereocenters. The third-order valence-corrected chi connectivity index (χ3v) is 6.48. The number of nitrogens with one attached hydrogen (secondary N) is 2. The van der Waals surface area contributed by atoms with Crippen LogP contribution in [0.5, 0.6) is 0 Å². The Morgan fingerprint density at radius 3 is 2.66 bits per heavy atom. The second-order valence-corrected chi connectivity index (χ2v) is 8.67. The molecule has 1 aromatic heterocycles. The molecule has 2 amide bonds. The Morgan fingerprint density at radius 1 is 1.24 bits per heavy atom. The summed E-state index contributed by atoms with van der Waals surface area (Å²) >= 11 is 1.63. The fourth-order valence-electron chi connectivity index (χ4n) is 3.30. The van der Waals surface area contributed by atoms with Gasteiger partial charge in [0.2, 0.25) is 12.3 Å². The number of nitrogens with zero attached hydrogens (tertiary/aromatic N) is 3. The van der Waals surface area contributed by atoms with Crippen molar-refractivity contribution in [3.05, 3.63) is 36.9 Å². The Hall–Kier alpha value is -2.58. The maximum Gasteiger partial charge on any atom is 0.248 e. The number of hydrogen-bond acceptors (Lipinski definition) is 6. The van der Waals surface area contributed by atoms with Gasteiger partial charge in [-0.25, -0.2) is 4.98 Å². The van der Waals surface area contributed by atoms with E-state index in [0.717, 1.165) is 41.0 Å². The summed E-state index contributed by atoms with van der Waals surface area (Å²) in [6.45, 7) is 8.69. The number of hydrogen-bond donors (Lipinski definition) is 2. The number of carbonyl (C=O) groups is 2. The van der Waals surface area contributed by atoms with Crippen LogP contribution in [0.2, 0.25) is 0 Å². The van der Waals surface area contributed by atoms with Crippen molar-refractivity contribution in [2.45, 2.75) is 30.2 Å². The second-order valence-electron chi connectivity index (χ2n) is 7.79. The Morgan fingerprint density at radius 2 is 2.00 bits per heavy atom. The lowest BCUT2D eigenvalue weighted by molar-refractivity contribution is -0.118. The quantitative estimate of drug-likeness (QED) is 0.414. The van der Waals surface area contributed by atoms with E-state index in [1.54, 1.807) is 16.8 Å². The summed E-state index contributed by atoms with van der Waals surface area (Å²) in [5, 5.41) is 3.76. The number of carbonyl (C=O) groups excluding carboxylic acids is 2. The van der Waals surface area contributed by atoms with Crippen molar-refractivity contribution >= 4 is 46.7 Å². The molecular formula is C21H25N5O2S. The first-order chi connectivity index (χ1) is 14.0. The Labute approximate surface area is 174 Å². The van der Waals surface area contributed by atoms with Crippen molar-refractivity contribution in [3.8, 4) is 0 Å². The number of rotatable bonds is 7. The lowest BCUT2D eigenvalue weighted by atomic mass is 10.1. The number of aromatic nitrogens is 1. The maximum atomic E-state index is 11.7. The van der Waals surface area contributed by atoms with Crippen LogP contribution in [0.3, 0.4) is 0 Å². The molecule has 152 valence electrons. The Kier molecular flexibility index (Phi) is 5.47. The van der Waals surface area contributed by atoms with Gasteiger partial charge < -0.3 is 15.1 Å². The van der Waals surface area contributed by atoms with Gasteiger partial charge in [0, 0.05) is 47.7 Å². The van der Waals surface area contributed by atoms with Crippen LogP contribution in [0.1, 0.15) is 19.8 Å². The van der Waals surface area contributed by atoms with E-state index in [4.69, 9.17) is 0 Å². The standard InChI is InChI=1S/C21H25N5O2S/c1-3-20(28)23-19-5-4-16-17(22-19)12-15(29-24-21(2)6-7-21)13-18(16)26-10-8-25(14-27)9-11-26/h3-5,12-14,24H,1,6-11H2,2H3,(H,22,23,28). The van der Waals surface area contributed by atoms with Crippen LogP contribution < -0.4 is 14.9 Å². The van der Waals surface area contributed by atoms with Crippen molar-refractivity contribution in [3.63, 3.8) is 0 Å². The molecule has 1 aliphatic carbocycles. The lowest BCUT2D eigenvalue weighted by Crippen LogP contribution is -2.45. The van der Waals surface area contributed by atoms with Crippen molar-refractivity contribution < 1.29 is 9.59 Å². The molecule has 1 saturated carbocycles. The Bertz CT molecular complexity index is 951. The third kappa shape index (κ3) is 4.54. The minimum absolute atomic E-state index is 0.211. The first-order valence-corrected chi connectivity index (χ1v) is 10.6. The summed E-state index contributed by atoms with van der Waals surface area (Å²) < 4.78 is 3.55. The molecule has 2 aliphatic rings. The van der Waals surface area contributed by atoms with Crippen LogP contribution in [0.15, 0.2) is 41.8 Å². The average Bonchev–Trinajstić information content (AvgIpc) is 3.49. The molecule has 8 heteroatoms. The summed E-state index contributed by atoms with van der Waals surface area (Å²) in [6, 6.07) is 8.04. The van der Waals surface area contributed by atoms with Gasteiger partial charge in [0.25, 0.3) is 0 Å². The van der Waals surface area contributed by atoms with E-state index in [2.05, 4.69) is 39.5 Å². The van der Waals surface area contributed by atoms with Gasteiger partial charge in [0.05, 0.1) is 5.52 Å². The molecule has 2 heterocycles. The molecular weight excluding hydrogens is 386 g/mol. The van der Waals surface area contributed by atoms with E-state index in [-0.39, 0.29) is 11.4 Å². The topological polar surface area (TPSA) is 77.6 Å². The van der Waals surface area contributed by atoms with Gasteiger partial charge in [-0.05, 0) is 62.1 Å². The highest BCUT2D eigenvalue weighted by molar-refractivity contribution is 7.97. The number of piperazine rings is 1. The van der Waals surface area contributed by atoms with Gasteiger partial charge in [0.15, 0.2) is 0 Å². The minimum Gasteiger partial charge on any atom is -0.367 e. The summed E-state index contributed by atoms with van der Waals surface area (Å²) in [5.74, 6) is 0.222. The molecule has 1 saturated heterocycles. The van der Waals surface area contributed by atoms with Crippen LogP contribution in [0.4, 0.5) is 11.5 Å². The molecule has 2 N–H and O–H groups in total. The van der Waals surface area contributed by atoms with E-state index in [0.29, 0.717) is 18.9 Å². The minimum atomic E-state index is -0.282. The van der Waals surface area contributed by atoms with Crippen molar-refractivity contribution in [2.24, 2.45) is 0 Å². The van der Waals surface area contributed by atoms with Crippen LogP contribution in [0, 0.1) is 0 Å². The number of anilines is 2. The summed E-state index contributed by atoms with van der Waals surface area (Å²) in [6.07, 6.45) is 4.52. The second kappa shape index (κ2) is 8.04. The average molecular weight is 412 g/mol. The van der Waals surface area contributed by atoms with Gasteiger partial charge in [-0.2, -0.15) is 0 Å². The molecule has 0 radical (unpaired) electrons. The van der Waals surface area contributed by atoms with Crippen LogP contribution in [-0.4, -0.2) is 53.9 Å². The highest BCUT2D eigenvalue weighted by atomic mass is 32.2. The SMILES string of the molecule is C=CC(=O)Nc1ccc2c(N3CCN(C=O)CC3)cc(SNC3(C)CC3)cc2n1. The highest BCUT2D eigenvalue weighted by Gasteiger charge is 2.37. The fourth-order valence-corrected chi connectivity index (χ4v) is 4.21. The molecule has 2 aromatic rings. The molecule has 7 nitrogen and oxygen atoms in total. The molecule has 0 spiro atoms. The van der Waals surface area contributed by atoms with Crippen molar-refractivity contribution in [1.82, 2.24) is 14.6 Å². The van der Waals surface area contributed by atoms with Gasteiger partial charge >= 0.3 is 0 Å². The summed E-state index contributed by atoms with van der Waals surface area (Å²) in [7, 11) is 0. The molecule has 0 atom stereocenters. The monoisotopic (exact) mass is 411 g/mol. The van der Waals surface area contributed by atoms with Crippen molar-refractivity contribution in [2.75, 3.05) is 36.4 Å². The smallest absolute Gasteiger partial charge is 0.248 e. The maximum absolute atomic E-state index is 11.7. The molecule has 1 aliphatic heterocycles. The summed E-state index contributed by atoms with van der Waals surface area (Å²) in [5.41, 5.74) is 2.14. The predicted molar refractivity (Wildman–Crippen MR) is 117 cm³/mol. The van der Waals surface area contributed by atoms with Crippen molar-refractivity contribution in [1.29, 1.82) is 0 Å². The molecule has 29 heavy (non-hydrogen) atoms. The first kappa shape index (κ1) is 19.7. The van der Waals surface area contributed by atoms with Crippen LogP contribution in [-0.2, 0) is 9.59 Å². The molecule has 4 rings (SSSR count). The number of amides is 2. The van der Waals surface area contributed by atoms with E-state index < -0.39 is 0 Å². The van der Waals surface area contributed by atoms with Crippen LogP contribution in [0.25, 0.3) is 10.9 Å². The summed E-state index contributed by atoms with van der Waals surface area (Å²) in [4.78, 5) is 32.5. The van der Waals surface area contributed by atoms with E-state index >= 15 is 0 Å².